The summed E-state index contributed by atoms with van der Waals surface area (Å²) in [6.45, 7) is 2.50. The fraction of sp³-hybridized carbons (Fsp3) is 0.423. The Kier molecular flexibility index (Phi) is 9.13. The van der Waals surface area contributed by atoms with E-state index in [2.05, 4.69) is 5.32 Å². The van der Waals surface area contributed by atoms with Crippen molar-refractivity contribution in [3.63, 3.8) is 0 Å². The summed E-state index contributed by atoms with van der Waals surface area (Å²) in [5.74, 6) is -1.09. The Labute approximate surface area is 217 Å². The summed E-state index contributed by atoms with van der Waals surface area (Å²) < 4.78 is 26.3. The number of amides is 2. The Morgan fingerprint density at radius 2 is 1.75 bits per heavy atom. The van der Waals surface area contributed by atoms with Gasteiger partial charge in [-0.2, -0.15) is 0 Å². The quantitative estimate of drug-likeness (QED) is 0.468. The molecule has 36 heavy (non-hydrogen) atoms. The molecule has 0 aliphatic heterocycles. The van der Waals surface area contributed by atoms with Crippen molar-refractivity contribution in [2.45, 2.75) is 58.2 Å². The van der Waals surface area contributed by atoms with Crippen molar-refractivity contribution in [3.05, 3.63) is 64.7 Å². The highest BCUT2D eigenvalue weighted by molar-refractivity contribution is 7.92. The largest absolute Gasteiger partial charge is 0.352 e. The maximum absolute atomic E-state index is 13.6. The summed E-state index contributed by atoms with van der Waals surface area (Å²) in [4.78, 5) is 39.9. The molecule has 2 amide bonds. The molecule has 8 nitrogen and oxygen atoms in total. The summed E-state index contributed by atoms with van der Waals surface area (Å²) >= 11 is 6.34. The molecule has 194 valence electrons. The highest BCUT2D eigenvalue weighted by Crippen LogP contribution is 2.23. The van der Waals surface area contributed by atoms with Gasteiger partial charge in [0.25, 0.3) is 0 Å². The van der Waals surface area contributed by atoms with Crippen molar-refractivity contribution in [3.8, 4) is 0 Å². The van der Waals surface area contributed by atoms with Crippen molar-refractivity contribution in [1.29, 1.82) is 0 Å². The van der Waals surface area contributed by atoms with Gasteiger partial charge in [-0.3, -0.25) is 18.7 Å². The van der Waals surface area contributed by atoms with E-state index in [-0.39, 0.29) is 30.0 Å². The number of benzene rings is 2. The minimum absolute atomic E-state index is 0.0306. The lowest BCUT2D eigenvalue weighted by Gasteiger charge is -2.32. The topological polar surface area (TPSA) is 104 Å². The van der Waals surface area contributed by atoms with Gasteiger partial charge in [0.05, 0.1) is 11.9 Å². The van der Waals surface area contributed by atoms with Gasteiger partial charge < -0.3 is 10.2 Å². The highest BCUT2D eigenvalue weighted by Gasteiger charge is 2.31. The second-order valence-electron chi connectivity index (χ2n) is 9.16. The predicted molar refractivity (Wildman–Crippen MR) is 140 cm³/mol. The minimum Gasteiger partial charge on any atom is -0.352 e. The van der Waals surface area contributed by atoms with Gasteiger partial charge >= 0.3 is 0 Å². The molecule has 0 heterocycles. The monoisotopic (exact) mass is 533 g/mol. The first-order chi connectivity index (χ1) is 17.0. The molecule has 0 spiro atoms. The average molecular weight is 534 g/mol. The number of carbonyl (C=O) groups is 3. The molecule has 0 bridgehead atoms. The molecule has 3 rings (SSSR count). The van der Waals surface area contributed by atoms with Crippen LogP contribution in [0.25, 0.3) is 0 Å². The average Bonchev–Trinajstić information content (AvgIpc) is 3.33. The zero-order valence-corrected chi connectivity index (χ0v) is 22.3. The van der Waals surface area contributed by atoms with E-state index in [0.29, 0.717) is 16.1 Å². The number of ketones is 1. The molecule has 1 unspecified atom stereocenters. The molecule has 1 fully saturated rings. The normalized spacial score (nSPS) is 14.8. The summed E-state index contributed by atoms with van der Waals surface area (Å²) in [6.07, 6.45) is 4.88. The van der Waals surface area contributed by atoms with Gasteiger partial charge in [0.15, 0.2) is 5.78 Å². The first-order valence-corrected chi connectivity index (χ1v) is 14.1. The summed E-state index contributed by atoms with van der Waals surface area (Å²) in [5.41, 5.74) is 1.16. The van der Waals surface area contributed by atoms with Crippen LogP contribution in [0, 0.1) is 0 Å². The molecule has 0 saturated heterocycles. The number of carbonyl (C=O) groups excluding carboxylic acids is 3. The van der Waals surface area contributed by atoms with Crippen LogP contribution in [0.4, 0.5) is 5.69 Å². The number of nitrogens with one attached hydrogen (secondary N) is 1. The number of hydrogen-bond acceptors (Lipinski definition) is 5. The highest BCUT2D eigenvalue weighted by atomic mass is 35.5. The molecule has 1 aliphatic rings. The van der Waals surface area contributed by atoms with Crippen molar-refractivity contribution in [2.24, 2.45) is 0 Å². The molecular formula is C26H32ClN3O5S. The van der Waals surface area contributed by atoms with E-state index in [4.69, 9.17) is 11.6 Å². The summed E-state index contributed by atoms with van der Waals surface area (Å²) in [7, 11) is -3.89. The van der Waals surface area contributed by atoms with Crippen LogP contribution in [0.3, 0.4) is 0 Å². The lowest BCUT2D eigenvalue weighted by atomic mass is 10.1. The second kappa shape index (κ2) is 11.9. The van der Waals surface area contributed by atoms with Crippen LogP contribution in [0.5, 0.6) is 0 Å². The maximum Gasteiger partial charge on any atom is 0.244 e. The van der Waals surface area contributed by atoms with Gasteiger partial charge in [-0.1, -0.05) is 54.8 Å². The van der Waals surface area contributed by atoms with Gasteiger partial charge in [-0.05, 0) is 50.5 Å². The number of Topliss-reactive ketones (excluding diaryl/α,β-unsaturated/α-hetero) is 1. The van der Waals surface area contributed by atoms with Crippen molar-refractivity contribution in [2.75, 3.05) is 17.1 Å². The van der Waals surface area contributed by atoms with Crippen LogP contribution < -0.4 is 9.62 Å². The van der Waals surface area contributed by atoms with Crippen LogP contribution in [0.1, 0.15) is 55.5 Å². The molecule has 10 heteroatoms. The fourth-order valence-corrected chi connectivity index (χ4v) is 5.32. The Hall–Kier alpha value is -2.91. The SMILES string of the molecule is CC(=O)c1cccc(N(CC(=O)N(Cc2ccccc2Cl)C(C)C(=O)NC2CCCC2)S(C)(=O)=O)c1. The second-order valence-corrected chi connectivity index (χ2v) is 11.5. The molecule has 1 N–H and O–H groups in total. The van der Waals surface area contributed by atoms with Crippen molar-refractivity contribution in [1.82, 2.24) is 10.2 Å². The van der Waals surface area contributed by atoms with E-state index in [1.54, 1.807) is 43.3 Å². The number of anilines is 1. The third-order valence-corrected chi connectivity index (χ3v) is 7.90. The predicted octanol–water partition coefficient (Wildman–Crippen LogP) is 3.78. The zero-order valence-electron chi connectivity index (χ0n) is 20.7. The molecule has 2 aromatic carbocycles. The van der Waals surface area contributed by atoms with Crippen molar-refractivity contribution >= 4 is 44.9 Å². The van der Waals surface area contributed by atoms with Crippen LogP contribution in [0.15, 0.2) is 48.5 Å². The molecule has 0 radical (unpaired) electrons. The molecular weight excluding hydrogens is 502 g/mol. The summed E-state index contributed by atoms with van der Waals surface area (Å²) in [5, 5.41) is 3.45. The molecule has 1 atom stereocenters. The van der Waals surface area contributed by atoms with Crippen LogP contribution >= 0.6 is 11.6 Å². The lowest BCUT2D eigenvalue weighted by Crippen LogP contribution is -2.52. The van der Waals surface area contributed by atoms with Gasteiger partial charge in [0.1, 0.15) is 12.6 Å². The molecule has 1 aliphatic carbocycles. The first kappa shape index (κ1) is 27.7. The standard InChI is InChI=1S/C26H32ClN3O5S/c1-18(26(33)28-22-11-5-6-12-22)29(16-21-9-4-7-14-24(21)27)25(32)17-30(36(3,34)35)23-13-8-10-20(15-23)19(2)31/h4,7-10,13-15,18,22H,5-6,11-12,16-17H2,1-3H3,(H,28,33). The van der Waals surface area contributed by atoms with Crippen LogP contribution in [-0.4, -0.2) is 55.8 Å². The smallest absolute Gasteiger partial charge is 0.244 e. The Bertz CT molecular complexity index is 1230. The Balaban J connectivity index is 1.91. The molecule has 2 aromatic rings. The lowest BCUT2D eigenvalue weighted by molar-refractivity contribution is -0.139. The van der Waals surface area contributed by atoms with E-state index in [1.807, 2.05) is 0 Å². The number of halogens is 1. The van der Waals surface area contributed by atoms with Gasteiger partial charge in [0.2, 0.25) is 21.8 Å². The number of sulfonamides is 1. The van der Waals surface area contributed by atoms with E-state index in [1.165, 1.54) is 24.0 Å². The summed E-state index contributed by atoms with van der Waals surface area (Å²) in [6, 6.07) is 12.3. The number of nitrogens with zero attached hydrogens (tertiary/aromatic N) is 2. The van der Waals surface area contributed by atoms with E-state index < -0.39 is 28.5 Å². The van der Waals surface area contributed by atoms with Crippen molar-refractivity contribution < 1.29 is 22.8 Å². The molecule has 1 saturated carbocycles. The van der Waals surface area contributed by atoms with Gasteiger partial charge in [0, 0.05) is 23.2 Å². The Morgan fingerprint density at radius 1 is 1.08 bits per heavy atom. The van der Waals surface area contributed by atoms with E-state index >= 15 is 0 Å². The van der Waals surface area contributed by atoms with Crippen LogP contribution in [-0.2, 0) is 26.2 Å². The molecule has 0 aromatic heterocycles. The minimum atomic E-state index is -3.89. The zero-order chi connectivity index (χ0) is 26.5. The van der Waals surface area contributed by atoms with Crippen LogP contribution in [0.2, 0.25) is 5.02 Å². The van der Waals surface area contributed by atoms with E-state index in [0.717, 1.165) is 36.2 Å². The number of rotatable bonds is 10. The van der Waals surface area contributed by atoms with Gasteiger partial charge in [-0.15, -0.1) is 0 Å². The number of hydrogen-bond donors (Lipinski definition) is 1. The fourth-order valence-electron chi connectivity index (χ4n) is 4.28. The third-order valence-electron chi connectivity index (χ3n) is 6.39. The maximum atomic E-state index is 13.6. The third kappa shape index (κ3) is 7.07. The van der Waals surface area contributed by atoms with E-state index in [9.17, 15) is 22.8 Å². The van der Waals surface area contributed by atoms with Gasteiger partial charge in [-0.25, -0.2) is 8.42 Å². The first-order valence-electron chi connectivity index (χ1n) is 11.9. The Morgan fingerprint density at radius 3 is 2.36 bits per heavy atom.